The number of likely N-dealkylation sites (N-methyl/N-ethyl adjacent to an activating group) is 1. The van der Waals surface area contributed by atoms with Crippen LogP contribution in [0.4, 0.5) is 0 Å². The molecule has 0 spiro atoms. The molecule has 0 bridgehead atoms. The van der Waals surface area contributed by atoms with Crippen molar-refractivity contribution in [3.05, 3.63) is 29.3 Å². The van der Waals surface area contributed by atoms with Crippen molar-refractivity contribution in [3.63, 3.8) is 0 Å². The first-order valence-corrected chi connectivity index (χ1v) is 8.30. The lowest BCUT2D eigenvalue weighted by Gasteiger charge is -2.29. The minimum Gasteiger partial charge on any atom is -0.482 e. The maximum Gasteiger partial charge on any atom is 0.260 e. The minimum absolute atomic E-state index is 0.0319. The van der Waals surface area contributed by atoms with Crippen molar-refractivity contribution in [2.24, 2.45) is 0 Å². The fourth-order valence-corrected chi connectivity index (χ4v) is 3.16. The Bertz CT molecular complexity index is 538. The number of hydrogen-bond donors (Lipinski definition) is 1. The topological polar surface area (TPSA) is 53.0 Å². The Hall–Kier alpha value is -1.30. The second kappa shape index (κ2) is 7.99. The lowest BCUT2D eigenvalue weighted by molar-refractivity contribution is -0.133. The first-order valence-electron chi connectivity index (χ1n) is 7.92. The zero-order valence-corrected chi connectivity index (χ0v) is 14.6. The molecule has 1 fully saturated rings. The molecular weight excluding hydrogens is 316 g/mol. The second-order valence-corrected chi connectivity index (χ2v) is 6.82. The van der Waals surface area contributed by atoms with Gasteiger partial charge in [0, 0.05) is 19.6 Å². The fourth-order valence-electron chi connectivity index (χ4n) is 2.97. The van der Waals surface area contributed by atoms with E-state index < -0.39 is 5.60 Å². The predicted octanol–water partition coefficient (Wildman–Crippen LogP) is 2.02. The lowest BCUT2D eigenvalue weighted by Crippen LogP contribution is -2.42. The summed E-state index contributed by atoms with van der Waals surface area (Å²) >= 11 is 6.02. The van der Waals surface area contributed by atoms with Gasteiger partial charge < -0.3 is 19.6 Å². The molecule has 128 valence electrons. The zero-order valence-electron chi connectivity index (χ0n) is 13.8. The van der Waals surface area contributed by atoms with E-state index in [1.54, 1.807) is 17.0 Å². The van der Waals surface area contributed by atoms with Crippen molar-refractivity contribution in [2.45, 2.75) is 24.9 Å². The highest BCUT2D eigenvalue weighted by atomic mass is 35.5. The summed E-state index contributed by atoms with van der Waals surface area (Å²) in [7, 11) is 3.90. The first-order chi connectivity index (χ1) is 10.9. The van der Waals surface area contributed by atoms with E-state index >= 15 is 0 Å². The van der Waals surface area contributed by atoms with Gasteiger partial charge in [-0.3, -0.25) is 4.79 Å². The van der Waals surface area contributed by atoms with Gasteiger partial charge in [-0.25, -0.2) is 0 Å². The van der Waals surface area contributed by atoms with Crippen molar-refractivity contribution in [1.29, 1.82) is 0 Å². The molecule has 2 rings (SSSR count). The Morgan fingerprint density at radius 3 is 2.78 bits per heavy atom. The lowest BCUT2D eigenvalue weighted by atomic mass is 9.94. The third kappa shape index (κ3) is 5.37. The number of carbonyl (C=O) groups excluding carboxylic acids is 1. The predicted molar refractivity (Wildman–Crippen MR) is 90.9 cm³/mol. The van der Waals surface area contributed by atoms with Crippen molar-refractivity contribution < 1.29 is 14.6 Å². The van der Waals surface area contributed by atoms with Crippen LogP contribution in [0.15, 0.2) is 24.3 Å². The number of halogens is 1. The van der Waals surface area contributed by atoms with Gasteiger partial charge >= 0.3 is 0 Å². The highest BCUT2D eigenvalue weighted by Gasteiger charge is 2.32. The third-order valence-corrected chi connectivity index (χ3v) is 4.38. The molecule has 0 aliphatic carbocycles. The van der Waals surface area contributed by atoms with Gasteiger partial charge in [-0.1, -0.05) is 23.7 Å². The average Bonchev–Trinajstić information content (AvgIpc) is 2.67. The summed E-state index contributed by atoms with van der Waals surface area (Å²) in [6.07, 6.45) is 2.09. The van der Waals surface area contributed by atoms with E-state index in [9.17, 15) is 9.90 Å². The summed E-state index contributed by atoms with van der Waals surface area (Å²) in [5.41, 5.74) is -0.720. The quantitative estimate of drug-likeness (QED) is 0.891. The van der Waals surface area contributed by atoms with Gasteiger partial charge in [-0.15, -0.1) is 0 Å². The molecule has 0 radical (unpaired) electrons. The molecule has 1 amide bonds. The number of para-hydroxylation sites is 1. The van der Waals surface area contributed by atoms with Crippen LogP contribution in [0.1, 0.15) is 19.3 Å². The molecule has 1 aliphatic rings. The number of amides is 1. The van der Waals surface area contributed by atoms with Crippen molar-refractivity contribution >= 4 is 17.5 Å². The van der Waals surface area contributed by atoms with Gasteiger partial charge in [0.1, 0.15) is 5.75 Å². The van der Waals surface area contributed by atoms with Crippen LogP contribution in [0.25, 0.3) is 0 Å². The largest absolute Gasteiger partial charge is 0.482 e. The highest BCUT2D eigenvalue weighted by Crippen LogP contribution is 2.25. The summed E-state index contributed by atoms with van der Waals surface area (Å²) in [6.45, 7) is 1.79. The minimum atomic E-state index is -0.720. The second-order valence-electron chi connectivity index (χ2n) is 6.42. The summed E-state index contributed by atoms with van der Waals surface area (Å²) in [5.74, 6) is 0.445. The fraction of sp³-hybridized carbons (Fsp3) is 0.588. The third-order valence-electron chi connectivity index (χ3n) is 4.07. The van der Waals surface area contributed by atoms with Crippen LogP contribution in [-0.2, 0) is 4.79 Å². The van der Waals surface area contributed by atoms with E-state index in [4.69, 9.17) is 16.3 Å². The molecule has 1 saturated heterocycles. The van der Waals surface area contributed by atoms with Crippen LogP contribution >= 0.6 is 11.6 Å². The number of carbonyl (C=O) groups is 1. The molecule has 0 aromatic heterocycles. The Morgan fingerprint density at radius 1 is 1.35 bits per heavy atom. The molecule has 1 heterocycles. The van der Waals surface area contributed by atoms with Crippen molar-refractivity contribution in [2.75, 3.05) is 40.3 Å². The van der Waals surface area contributed by atoms with E-state index in [2.05, 4.69) is 0 Å². The molecule has 1 aromatic carbocycles. The monoisotopic (exact) mass is 340 g/mol. The molecule has 1 N–H and O–H groups in total. The van der Waals surface area contributed by atoms with Gasteiger partial charge in [0.15, 0.2) is 6.61 Å². The molecule has 0 unspecified atom stereocenters. The van der Waals surface area contributed by atoms with Crippen LogP contribution < -0.4 is 4.74 Å². The normalized spacial score (nSPS) is 22.0. The standard InChI is InChI=1S/C17H25ClN2O3/c1-19(2)13-17(22)8-5-10-20(11-9-17)16(21)12-23-15-7-4-3-6-14(15)18/h3-4,6-7,22H,5,8-13H2,1-2H3/t17-/m1/s1. The Labute approximate surface area is 142 Å². The number of hydrogen-bond acceptors (Lipinski definition) is 4. The number of aliphatic hydroxyl groups is 1. The van der Waals surface area contributed by atoms with Crippen LogP contribution in [0.2, 0.25) is 5.02 Å². The van der Waals surface area contributed by atoms with E-state index in [1.807, 2.05) is 31.1 Å². The van der Waals surface area contributed by atoms with Gasteiger partial charge in [-0.2, -0.15) is 0 Å². The Kier molecular flexibility index (Phi) is 6.27. The maximum atomic E-state index is 12.3. The summed E-state index contributed by atoms with van der Waals surface area (Å²) in [4.78, 5) is 16.1. The first kappa shape index (κ1) is 18.0. The number of nitrogens with zero attached hydrogens (tertiary/aromatic N) is 2. The van der Waals surface area contributed by atoms with Crippen LogP contribution in [0.5, 0.6) is 5.75 Å². The molecule has 1 aromatic rings. The molecule has 0 saturated carbocycles. The molecular formula is C17H25ClN2O3. The summed E-state index contributed by atoms with van der Waals surface area (Å²) < 4.78 is 5.52. The van der Waals surface area contributed by atoms with Crippen molar-refractivity contribution in [1.82, 2.24) is 9.80 Å². The summed E-state index contributed by atoms with van der Waals surface area (Å²) in [6, 6.07) is 7.11. The van der Waals surface area contributed by atoms with E-state index in [1.165, 1.54) is 0 Å². The molecule has 23 heavy (non-hydrogen) atoms. The number of rotatable bonds is 5. The van der Waals surface area contributed by atoms with Crippen LogP contribution in [0, 0.1) is 0 Å². The molecule has 6 heteroatoms. The van der Waals surface area contributed by atoms with Gasteiger partial charge in [0.2, 0.25) is 0 Å². The smallest absolute Gasteiger partial charge is 0.260 e. The Morgan fingerprint density at radius 2 is 2.09 bits per heavy atom. The van der Waals surface area contributed by atoms with Crippen molar-refractivity contribution in [3.8, 4) is 5.75 Å². The van der Waals surface area contributed by atoms with Gasteiger partial charge in [-0.05, 0) is 45.5 Å². The van der Waals surface area contributed by atoms with Crippen LogP contribution in [0.3, 0.4) is 0 Å². The maximum absolute atomic E-state index is 12.3. The molecule has 1 atom stereocenters. The number of likely N-dealkylation sites (tertiary alicyclic amines) is 1. The SMILES string of the molecule is CN(C)C[C@@]1(O)CCCN(C(=O)COc2ccccc2Cl)CC1. The molecule has 1 aliphatic heterocycles. The molecule has 5 nitrogen and oxygen atoms in total. The highest BCUT2D eigenvalue weighted by molar-refractivity contribution is 6.32. The van der Waals surface area contributed by atoms with E-state index in [0.29, 0.717) is 43.2 Å². The number of benzene rings is 1. The van der Waals surface area contributed by atoms with Gasteiger partial charge in [0.05, 0.1) is 10.6 Å². The van der Waals surface area contributed by atoms with Gasteiger partial charge in [0.25, 0.3) is 5.91 Å². The van der Waals surface area contributed by atoms with E-state index in [-0.39, 0.29) is 12.5 Å². The van der Waals surface area contributed by atoms with E-state index in [0.717, 1.165) is 6.42 Å². The average molecular weight is 341 g/mol. The Balaban J connectivity index is 1.87. The van der Waals surface area contributed by atoms with Crippen LogP contribution in [-0.4, -0.2) is 66.8 Å². The summed E-state index contributed by atoms with van der Waals surface area (Å²) in [5, 5.41) is 11.1. The zero-order chi connectivity index (χ0) is 16.9. The number of ether oxygens (including phenoxy) is 1.